The van der Waals surface area contributed by atoms with Gasteiger partial charge in [-0.05, 0) is 23.3 Å². The second-order valence-corrected chi connectivity index (χ2v) is 7.82. The van der Waals surface area contributed by atoms with Crippen LogP contribution in [0, 0.1) is 11.3 Å². The summed E-state index contributed by atoms with van der Waals surface area (Å²) in [4.78, 5) is -0.0135. The van der Waals surface area contributed by atoms with E-state index in [2.05, 4.69) is 10.8 Å². The molecule has 0 heterocycles. The fourth-order valence-electron chi connectivity index (χ4n) is 3.15. The Labute approximate surface area is 164 Å². The number of methoxy groups -OCH3 is 3. The van der Waals surface area contributed by atoms with Gasteiger partial charge in [0.05, 0.1) is 32.3 Å². The van der Waals surface area contributed by atoms with Crippen molar-refractivity contribution in [3.63, 3.8) is 0 Å². The van der Waals surface area contributed by atoms with E-state index >= 15 is 0 Å². The first-order chi connectivity index (χ1) is 13.4. The predicted octanol–water partition coefficient (Wildman–Crippen LogP) is 3.54. The van der Waals surface area contributed by atoms with E-state index in [1.54, 1.807) is 12.1 Å². The van der Waals surface area contributed by atoms with Gasteiger partial charge in [-0.3, -0.25) is 4.72 Å². The van der Waals surface area contributed by atoms with Gasteiger partial charge in [0.2, 0.25) is 5.75 Å². The summed E-state index contributed by atoms with van der Waals surface area (Å²) in [6.07, 6.45) is 4.24. The Morgan fingerprint density at radius 3 is 2.32 bits per heavy atom. The van der Waals surface area contributed by atoms with Crippen LogP contribution >= 0.6 is 0 Å². The molecule has 0 saturated heterocycles. The number of benzene rings is 2. The zero-order chi connectivity index (χ0) is 20.3. The summed E-state index contributed by atoms with van der Waals surface area (Å²) in [5.41, 5.74) is 2.33. The first-order valence-electron chi connectivity index (χ1n) is 8.45. The summed E-state index contributed by atoms with van der Waals surface area (Å²) >= 11 is 0. The summed E-state index contributed by atoms with van der Waals surface area (Å²) in [5, 5.41) is 8.90. The van der Waals surface area contributed by atoms with E-state index in [4.69, 9.17) is 19.5 Å². The number of hydrogen-bond acceptors (Lipinski definition) is 6. The Hall–Kier alpha value is -3.18. The molecular weight excluding hydrogens is 380 g/mol. The van der Waals surface area contributed by atoms with E-state index in [0.717, 1.165) is 11.1 Å². The molecule has 2 aromatic carbocycles. The van der Waals surface area contributed by atoms with Crippen molar-refractivity contribution in [3.05, 3.63) is 47.5 Å². The Morgan fingerprint density at radius 1 is 1.07 bits per heavy atom. The number of nitrogens with one attached hydrogen (secondary N) is 1. The van der Waals surface area contributed by atoms with Crippen LogP contribution in [0.4, 0.5) is 5.69 Å². The second kappa shape index (κ2) is 7.82. The van der Waals surface area contributed by atoms with Gasteiger partial charge >= 0.3 is 0 Å². The molecule has 1 unspecified atom stereocenters. The van der Waals surface area contributed by atoms with Crippen molar-refractivity contribution in [1.29, 1.82) is 5.26 Å². The van der Waals surface area contributed by atoms with Gasteiger partial charge in [-0.15, -0.1) is 0 Å². The van der Waals surface area contributed by atoms with Crippen LogP contribution in [0.3, 0.4) is 0 Å². The summed E-state index contributed by atoms with van der Waals surface area (Å²) in [5.74, 6) is 0.854. The molecule has 0 radical (unpaired) electrons. The van der Waals surface area contributed by atoms with Crippen LogP contribution in [-0.2, 0) is 10.0 Å². The number of anilines is 1. The second-order valence-electron chi connectivity index (χ2n) is 6.14. The highest BCUT2D eigenvalue weighted by Gasteiger charge is 2.23. The molecule has 0 aliphatic heterocycles. The van der Waals surface area contributed by atoms with E-state index in [1.165, 1.54) is 33.5 Å². The van der Waals surface area contributed by atoms with Crippen LogP contribution in [0.2, 0.25) is 0 Å². The summed E-state index contributed by atoms with van der Waals surface area (Å²) < 4.78 is 44.0. The van der Waals surface area contributed by atoms with E-state index in [0.29, 0.717) is 17.9 Å². The third-order valence-corrected chi connectivity index (χ3v) is 5.87. The lowest BCUT2D eigenvalue weighted by Crippen LogP contribution is -2.14. The maximum atomic E-state index is 12.9. The van der Waals surface area contributed by atoms with Gasteiger partial charge in [-0.25, -0.2) is 8.42 Å². The third-order valence-electron chi connectivity index (χ3n) is 4.51. The van der Waals surface area contributed by atoms with Gasteiger partial charge in [0, 0.05) is 30.2 Å². The Balaban J connectivity index is 1.93. The fourth-order valence-corrected chi connectivity index (χ4v) is 4.23. The smallest absolute Gasteiger partial charge is 0.262 e. The molecule has 8 heteroatoms. The zero-order valence-electron chi connectivity index (χ0n) is 15.7. The van der Waals surface area contributed by atoms with Gasteiger partial charge in [0.15, 0.2) is 11.5 Å². The highest BCUT2D eigenvalue weighted by Crippen LogP contribution is 2.40. The highest BCUT2D eigenvalue weighted by molar-refractivity contribution is 7.92. The van der Waals surface area contributed by atoms with Crippen LogP contribution in [0.15, 0.2) is 41.3 Å². The van der Waals surface area contributed by atoms with Crippen LogP contribution < -0.4 is 18.9 Å². The Morgan fingerprint density at radius 2 is 1.75 bits per heavy atom. The van der Waals surface area contributed by atoms with Gasteiger partial charge < -0.3 is 14.2 Å². The standard InChI is InChI=1S/C20H20N2O5S/c1-25-18-11-16(12-19(26-2)20(18)27-3)28(23,24)22-15-6-7-17-13(8-9-21)4-5-14(17)10-15/h4-7,10-13,22H,8H2,1-3H3. The van der Waals surface area contributed by atoms with Crippen LogP contribution in [0.1, 0.15) is 23.5 Å². The molecule has 28 heavy (non-hydrogen) atoms. The van der Waals surface area contributed by atoms with Crippen LogP contribution in [0.25, 0.3) is 6.08 Å². The average molecular weight is 400 g/mol. The lowest BCUT2D eigenvalue weighted by molar-refractivity contribution is 0.323. The SMILES string of the molecule is COc1cc(S(=O)(=O)Nc2ccc3c(c2)C=CC3CC#N)cc(OC)c1OC. The molecule has 0 aromatic heterocycles. The third kappa shape index (κ3) is 3.62. The number of nitriles is 1. The fraction of sp³-hybridized carbons (Fsp3) is 0.250. The quantitative estimate of drug-likeness (QED) is 0.763. The van der Waals surface area contributed by atoms with Gasteiger partial charge in [0.25, 0.3) is 10.0 Å². The number of allylic oxidation sites excluding steroid dienone is 1. The van der Waals surface area contributed by atoms with E-state index < -0.39 is 10.0 Å². The number of fused-ring (bicyclic) bond motifs is 1. The van der Waals surface area contributed by atoms with Crippen molar-refractivity contribution in [2.45, 2.75) is 17.2 Å². The van der Waals surface area contributed by atoms with Gasteiger partial charge in [0.1, 0.15) is 0 Å². The molecule has 0 saturated carbocycles. The van der Waals surface area contributed by atoms with Crippen molar-refractivity contribution in [1.82, 2.24) is 0 Å². The molecular formula is C20H20N2O5S. The van der Waals surface area contributed by atoms with Crippen molar-refractivity contribution < 1.29 is 22.6 Å². The summed E-state index contributed by atoms with van der Waals surface area (Å²) in [7, 11) is 0.407. The average Bonchev–Trinajstić information content (AvgIpc) is 3.08. The first kappa shape index (κ1) is 19.6. The molecule has 3 rings (SSSR count). The van der Waals surface area contributed by atoms with E-state index in [9.17, 15) is 8.42 Å². The molecule has 1 aliphatic rings. The number of nitrogens with zero attached hydrogens (tertiary/aromatic N) is 1. The largest absolute Gasteiger partial charge is 0.493 e. The van der Waals surface area contributed by atoms with E-state index in [1.807, 2.05) is 18.2 Å². The van der Waals surface area contributed by atoms with Gasteiger partial charge in [-0.1, -0.05) is 18.2 Å². The molecule has 1 N–H and O–H groups in total. The van der Waals surface area contributed by atoms with Crippen molar-refractivity contribution >= 4 is 21.8 Å². The minimum absolute atomic E-state index is 0.0135. The Kier molecular flexibility index (Phi) is 5.47. The molecule has 7 nitrogen and oxygen atoms in total. The van der Waals surface area contributed by atoms with Crippen molar-refractivity contribution in [3.8, 4) is 23.3 Å². The molecule has 1 aliphatic carbocycles. The maximum absolute atomic E-state index is 12.9. The van der Waals surface area contributed by atoms with Crippen molar-refractivity contribution in [2.75, 3.05) is 26.1 Å². The minimum atomic E-state index is -3.89. The van der Waals surface area contributed by atoms with Crippen LogP contribution in [0.5, 0.6) is 17.2 Å². The maximum Gasteiger partial charge on any atom is 0.262 e. The number of sulfonamides is 1. The normalized spacial score (nSPS) is 14.9. The number of hydrogen-bond donors (Lipinski definition) is 1. The first-order valence-corrected chi connectivity index (χ1v) is 9.93. The number of rotatable bonds is 7. The lowest BCUT2D eigenvalue weighted by Gasteiger charge is -2.15. The van der Waals surface area contributed by atoms with E-state index in [-0.39, 0.29) is 22.3 Å². The molecule has 0 spiro atoms. The lowest BCUT2D eigenvalue weighted by atomic mass is 9.98. The van der Waals surface area contributed by atoms with Crippen LogP contribution in [-0.4, -0.2) is 29.7 Å². The zero-order valence-corrected chi connectivity index (χ0v) is 16.5. The van der Waals surface area contributed by atoms with Gasteiger partial charge in [-0.2, -0.15) is 5.26 Å². The predicted molar refractivity (Wildman–Crippen MR) is 105 cm³/mol. The molecule has 0 fully saturated rings. The molecule has 0 bridgehead atoms. The monoisotopic (exact) mass is 400 g/mol. The summed E-state index contributed by atoms with van der Waals surface area (Å²) in [6.45, 7) is 0. The molecule has 0 amide bonds. The number of ether oxygens (including phenoxy) is 3. The van der Waals surface area contributed by atoms with Crippen molar-refractivity contribution in [2.24, 2.45) is 0 Å². The minimum Gasteiger partial charge on any atom is -0.493 e. The molecule has 146 valence electrons. The topological polar surface area (TPSA) is 97.7 Å². The molecule has 1 atom stereocenters. The summed E-state index contributed by atoms with van der Waals surface area (Å²) in [6, 6.07) is 10.2. The highest BCUT2D eigenvalue weighted by atomic mass is 32.2. The molecule has 2 aromatic rings. The Bertz CT molecular complexity index is 1050.